The number of anilines is 1. The number of nitrogens with zero attached hydrogens (tertiary/aromatic N) is 1. The van der Waals surface area contributed by atoms with Crippen LogP contribution in [0.25, 0.3) is 0 Å². The Balaban J connectivity index is 2.23. The molecule has 8 heteroatoms. The van der Waals surface area contributed by atoms with Gasteiger partial charge >= 0.3 is 0 Å². The van der Waals surface area contributed by atoms with Crippen LogP contribution in [-0.4, -0.2) is 40.3 Å². The molecule has 0 aliphatic heterocycles. The molecule has 30 heavy (non-hydrogen) atoms. The maximum absolute atomic E-state index is 13.0. The summed E-state index contributed by atoms with van der Waals surface area (Å²) in [5.74, 6) is 0.987. The van der Waals surface area contributed by atoms with Gasteiger partial charge in [-0.25, -0.2) is 8.42 Å². The Kier molecular flexibility index (Phi) is 8.11. The number of hydrogen-bond donors (Lipinski definition) is 1. The zero-order chi connectivity index (χ0) is 22.3. The van der Waals surface area contributed by atoms with Gasteiger partial charge < -0.3 is 14.8 Å². The second kappa shape index (κ2) is 10.3. The highest BCUT2D eigenvalue weighted by Gasteiger charge is 2.30. The summed E-state index contributed by atoms with van der Waals surface area (Å²) in [6.45, 7) is 5.92. The average molecular weight is 435 g/mol. The van der Waals surface area contributed by atoms with E-state index in [0.29, 0.717) is 24.5 Å². The Morgan fingerprint density at radius 1 is 1.03 bits per heavy atom. The molecule has 164 valence electrons. The van der Waals surface area contributed by atoms with Crippen molar-refractivity contribution < 1.29 is 22.7 Å². The highest BCUT2D eigenvalue weighted by molar-refractivity contribution is 7.92. The summed E-state index contributed by atoms with van der Waals surface area (Å²) < 4.78 is 36.7. The molecule has 7 nitrogen and oxygen atoms in total. The van der Waals surface area contributed by atoms with Gasteiger partial charge in [-0.3, -0.25) is 9.10 Å². The van der Waals surface area contributed by atoms with Crippen LogP contribution in [0, 0.1) is 0 Å². The van der Waals surface area contributed by atoms with Crippen LogP contribution in [0.1, 0.15) is 38.8 Å². The molecule has 0 unspecified atom stereocenters. The van der Waals surface area contributed by atoms with Gasteiger partial charge in [0, 0.05) is 0 Å². The molecule has 0 radical (unpaired) electrons. The molecule has 2 rings (SSSR count). The lowest BCUT2D eigenvalue weighted by Crippen LogP contribution is -2.48. The molecule has 0 saturated carbocycles. The summed E-state index contributed by atoms with van der Waals surface area (Å²) in [5.41, 5.74) is 1.33. The average Bonchev–Trinajstić information content (AvgIpc) is 2.72. The minimum atomic E-state index is -3.69. The number of hydrogen-bond acceptors (Lipinski definition) is 5. The fourth-order valence-electron chi connectivity index (χ4n) is 3.21. The topological polar surface area (TPSA) is 84.9 Å². The van der Waals surface area contributed by atoms with Gasteiger partial charge in [-0.05, 0) is 62.2 Å². The Bertz CT molecular complexity index is 927. The maximum Gasteiger partial charge on any atom is 0.244 e. The molecule has 0 heterocycles. The van der Waals surface area contributed by atoms with Gasteiger partial charge in [-0.15, -0.1) is 0 Å². The number of sulfonamides is 1. The van der Waals surface area contributed by atoms with Gasteiger partial charge in [0.25, 0.3) is 0 Å². The van der Waals surface area contributed by atoms with Crippen molar-refractivity contribution in [2.24, 2.45) is 0 Å². The molecule has 0 aliphatic carbocycles. The lowest BCUT2D eigenvalue weighted by Gasteiger charge is -2.30. The van der Waals surface area contributed by atoms with E-state index < -0.39 is 16.1 Å². The van der Waals surface area contributed by atoms with Crippen molar-refractivity contribution in [2.75, 3.05) is 24.3 Å². The molecule has 0 saturated heterocycles. The van der Waals surface area contributed by atoms with Crippen molar-refractivity contribution >= 4 is 21.6 Å². The molecule has 2 aromatic carbocycles. The van der Waals surface area contributed by atoms with E-state index in [4.69, 9.17) is 9.47 Å². The fraction of sp³-hybridized carbons (Fsp3) is 0.409. The van der Waals surface area contributed by atoms with E-state index in [-0.39, 0.29) is 11.9 Å². The van der Waals surface area contributed by atoms with E-state index in [9.17, 15) is 13.2 Å². The van der Waals surface area contributed by atoms with E-state index in [1.54, 1.807) is 38.3 Å². The first-order valence-corrected chi connectivity index (χ1v) is 11.7. The highest BCUT2D eigenvalue weighted by Crippen LogP contribution is 2.25. The summed E-state index contributed by atoms with van der Waals surface area (Å²) >= 11 is 0. The van der Waals surface area contributed by atoms with Crippen LogP contribution in [0.4, 0.5) is 5.69 Å². The number of amides is 1. The molecule has 1 amide bonds. The second-order valence-corrected chi connectivity index (χ2v) is 8.76. The van der Waals surface area contributed by atoms with Crippen molar-refractivity contribution in [1.82, 2.24) is 5.32 Å². The van der Waals surface area contributed by atoms with Crippen molar-refractivity contribution in [3.63, 3.8) is 0 Å². The van der Waals surface area contributed by atoms with Crippen molar-refractivity contribution in [3.05, 3.63) is 54.1 Å². The van der Waals surface area contributed by atoms with E-state index in [1.807, 2.05) is 38.1 Å². The smallest absolute Gasteiger partial charge is 0.244 e. The van der Waals surface area contributed by atoms with Gasteiger partial charge in [-0.1, -0.05) is 19.1 Å². The maximum atomic E-state index is 13.0. The van der Waals surface area contributed by atoms with Crippen LogP contribution < -0.4 is 19.1 Å². The van der Waals surface area contributed by atoms with Crippen LogP contribution in [0.3, 0.4) is 0 Å². The molecule has 2 aromatic rings. The SMILES string of the molecule is CCOc1ccc(N([C@H](C)C(=O)N[C@@H](CC)c2ccc(OC)cc2)S(C)(=O)=O)cc1. The summed E-state index contributed by atoms with van der Waals surface area (Å²) in [5, 5.41) is 2.96. The molecular formula is C22H30N2O5S. The number of carbonyl (C=O) groups excluding carboxylic acids is 1. The molecular weight excluding hydrogens is 404 g/mol. The van der Waals surface area contributed by atoms with Crippen LogP contribution >= 0.6 is 0 Å². The minimum absolute atomic E-state index is 0.243. The number of methoxy groups -OCH3 is 1. The molecule has 2 atom stereocenters. The Morgan fingerprint density at radius 2 is 1.60 bits per heavy atom. The number of ether oxygens (including phenoxy) is 2. The standard InChI is InChI=1S/C22H30N2O5S/c1-6-21(17-8-12-19(28-4)13-9-17)23-22(25)16(3)24(30(5,26)27)18-10-14-20(15-11-18)29-7-2/h8-16,21H,6-7H2,1-5H3,(H,23,25)/t16-,21+/m1/s1. The third-order valence-corrected chi connectivity index (χ3v) is 5.98. The van der Waals surface area contributed by atoms with Crippen LogP contribution in [0.2, 0.25) is 0 Å². The predicted molar refractivity (Wildman–Crippen MR) is 119 cm³/mol. The number of nitrogens with one attached hydrogen (secondary N) is 1. The summed E-state index contributed by atoms with van der Waals surface area (Å²) in [6, 6.07) is 12.9. The third-order valence-electron chi connectivity index (χ3n) is 4.73. The molecule has 0 bridgehead atoms. The molecule has 0 fully saturated rings. The van der Waals surface area contributed by atoms with Gasteiger partial charge in [0.05, 0.1) is 31.7 Å². The first-order valence-electron chi connectivity index (χ1n) is 9.87. The van der Waals surface area contributed by atoms with Crippen molar-refractivity contribution in [1.29, 1.82) is 0 Å². The van der Waals surface area contributed by atoms with Gasteiger partial charge in [-0.2, -0.15) is 0 Å². The lowest BCUT2D eigenvalue weighted by atomic mass is 10.0. The lowest BCUT2D eigenvalue weighted by molar-refractivity contribution is -0.122. The van der Waals surface area contributed by atoms with E-state index >= 15 is 0 Å². The number of benzene rings is 2. The zero-order valence-corrected chi connectivity index (χ0v) is 18.9. The zero-order valence-electron chi connectivity index (χ0n) is 18.1. The Hall–Kier alpha value is -2.74. The second-order valence-electron chi connectivity index (χ2n) is 6.90. The monoisotopic (exact) mass is 434 g/mol. The van der Waals surface area contributed by atoms with Crippen LogP contribution in [0.5, 0.6) is 11.5 Å². The fourth-order valence-corrected chi connectivity index (χ4v) is 4.39. The van der Waals surface area contributed by atoms with Gasteiger partial charge in [0.1, 0.15) is 17.5 Å². The summed E-state index contributed by atoms with van der Waals surface area (Å²) in [6.07, 6.45) is 1.75. The predicted octanol–water partition coefficient (Wildman–Crippen LogP) is 3.52. The van der Waals surface area contributed by atoms with Crippen molar-refractivity contribution in [2.45, 2.75) is 39.3 Å². The number of rotatable bonds is 10. The van der Waals surface area contributed by atoms with Gasteiger partial charge in [0.2, 0.25) is 15.9 Å². The largest absolute Gasteiger partial charge is 0.497 e. The normalized spacial score (nSPS) is 13.2. The summed E-state index contributed by atoms with van der Waals surface area (Å²) in [7, 11) is -2.09. The summed E-state index contributed by atoms with van der Waals surface area (Å²) in [4.78, 5) is 13.0. The first kappa shape index (κ1) is 23.5. The van der Waals surface area contributed by atoms with Crippen molar-refractivity contribution in [3.8, 4) is 11.5 Å². The molecule has 0 spiro atoms. The van der Waals surface area contributed by atoms with Crippen LogP contribution in [0.15, 0.2) is 48.5 Å². The Morgan fingerprint density at radius 3 is 2.07 bits per heavy atom. The molecule has 0 aromatic heterocycles. The van der Waals surface area contributed by atoms with E-state index in [1.165, 1.54) is 0 Å². The van der Waals surface area contributed by atoms with Gasteiger partial charge in [0.15, 0.2) is 0 Å². The molecule has 1 N–H and O–H groups in total. The molecule has 0 aliphatic rings. The minimum Gasteiger partial charge on any atom is -0.497 e. The van der Waals surface area contributed by atoms with E-state index in [0.717, 1.165) is 21.9 Å². The quantitative estimate of drug-likeness (QED) is 0.618. The highest BCUT2D eigenvalue weighted by atomic mass is 32.2. The Labute approximate surface area is 179 Å². The van der Waals surface area contributed by atoms with Crippen LogP contribution in [-0.2, 0) is 14.8 Å². The first-order chi connectivity index (χ1) is 14.2. The number of carbonyl (C=O) groups is 1. The van der Waals surface area contributed by atoms with E-state index in [2.05, 4.69) is 5.32 Å². The third kappa shape index (κ3) is 5.89.